The van der Waals surface area contributed by atoms with Crippen LogP contribution in [0.1, 0.15) is 20.3 Å². The fraction of sp³-hybridized carbons (Fsp3) is 0.571. The molecule has 1 heterocycles. The lowest BCUT2D eigenvalue weighted by molar-refractivity contribution is -0.155. The van der Waals surface area contributed by atoms with Gasteiger partial charge in [0.15, 0.2) is 0 Å². The summed E-state index contributed by atoms with van der Waals surface area (Å²) in [6, 6.07) is 0. The van der Waals surface area contributed by atoms with Gasteiger partial charge >= 0.3 is 11.8 Å². The van der Waals surface area contributed by atoms with Gasteiger partial charge < -0.3 is 4.74 Å². The molecule has 4 heteroatoms. The molecule has 4 nitrogen and oxygen atoms in total. The smallest absolute Gasteiger partial charge is 0.306 e. The molecule has 0 bridgehead atoms. The van der Waals surface area contributed by atoms with Crippen LogP contribution in [0.15, 0.2) is 9.98 Å². The average molecular weight is 154 g/mol. The monoisotopic (exact) mass is 154 g/mol. The maximum Gasteiger partial charge on any atom is 0.306 e. The van der Waals surface area contributed by atoms with Gasteiger partial charge in [-0.2, -0.15) is 0 Å². The standard InChI is InChI=1S/C7H10N2O2/c1-3-7(11-6(2)10)8-4-5-9-7/h4-5H,3H2,1-2H3. The summed E-state index contributed by atoms with van der Waals surface area (Å²) < 4.78 is 4.91. The molecule has 0 aliphatic carbocycles. The van der Waals surface area contributed by atoms with Crippen LogP contribution >= 0.6 is 0 Å². The Hall–Kier alpha value is -1.19. The molecular formula is C7H10N2O2. The fourth-order valence-corrected chi connectivity index (χ4v) is 0.871. The summed E-state index contributed by atoms with van der Waals surface area (Å²) in [5, 5.41) is 0. The lowest BCUT2D eigenvalue weighted by Crippen LogP contribution is -2.27. The highest BCUT2D eigenvalue weighted by atomic mass is 16.6. The Kier molecular flexibility index (Phi) is 2.03. The molecule has 0 amide bonds. The third-order valence-electron chi connectivity index (χ3n) is 1.39. The Labute approximate surface area is 65.0 Å². The van der Waals surface area contributed by atoms with Crippen LogP contribution in [0.5, 0.6) is 0 Å². The van der Waals surface area contributed by atoms with E-state index in [1.54, 1.807) is 0 Å². The second-order valence-electron chi connectivity index (χ2n) is 2.25. The summed E-state index contributed by atoms with van der Waals surface area (Å²) in [5.74, 6) is -1.31. The molecule has 0 spiro atoms. The predicted molar refractivity (Wildman–Crippen MR) is 41.8 cm³/mol. The summed E-state index contributed by atoms with van der Waals surface area (Å²) in [5.41, 5.74) is 0. The predicted octanol–water partition coefficient (Wildman–Crippen LogP) is 0.768. The molecule has 1 rings (SSSR count). The molecular weight excluding hydrogens is 144 g/mol. The van der Waals surface area contributed by atoms with Crippen molar-refractivity contribution in [2.45, 2.75) is 26.1 Å². The van der Waals surface area contributed by atoms with E-state index < -0.39 is 5.85 Å². The third kappa shape index (κ3) is 1.63. The van der Waals surface area contributed by atoms with Crippen molar-refractivity contribution in [3.63, 3.8) is 0 Å². The number of carbonyl (C=O) groups excluding carboxylic acids is 1. The van der Waals surface area contributed by atoms with Crippen LogP contribution in [-0.4, -0.2) is 24.2 Å². The van der Waals surface area contributed by atoms with Crippen LogP contribution in [0.2, 0.25) is 0 Å². The van der Waals surface area contributed by atoms with E-state index in [-0.39, 0.29) is 5.97 Å². The summed E-state index contributed by atoms with van der Waals surface area (Å²) in [6.07, 6.45) is 3.64. The first-order chi connectivity index (χ1) is 5.18. The zero-order chi connectivity index (χ0) is 8.32. The Morgan fingerprint density at radius 1 is 1.55 bits per heavy atom. The van der Waals surface area contributed by atoms with E-state index in [9.17, 15) is 4.79 Å². The van der Waals surface area contributed by atoms with E-state index in [2.05, 4.69) is 9.98 Å². The number of hydrogen-bond donors (Lipinski definition) is 0. The van der Waals surface area contributed by atoms with E-state index in [1.807, 2.05) is 6.92 Å². The summed E-state index contributed by atoms with van der Waals surface area (Å²) in [7, 11) is 0. The highest BCUT2D eigenvalue weighted by molar-refractivity contribution is 6.17. The Bertz CT molecular complexity index is 208. The molecule has 0 saturated heterocycles. The van der Waals surface area contributed by atoms with Crippen molar-refractivity contribution in [3.8, 4) is 0 Å². The lowest BCUT2D eigenvalue weighted by atomic mass is 10.3. The quantitative estimate of drug-likeness (QED) is 0.551. The summed E-state index contributed by atoms with van der Waals surface area (Å²) in [4.78, 5) is 18.5. The molecule has 0 aromatic carbocycles. The van der Waals surface area contributed by atoms with E-state index in [4.69, 9.17) is 4.74 Å². The Morgan fingerprint density at radius 2 is 2.09 bits per heavy atom. The molecule has 1 aliphatic rings. The minimum absolute atomic E-state index is 0.358. The van der Waals surface area contributed by atoms with Gasteiger partial charge in [-0.05, 0) is 0 Å². The number of ether oxygens (including phenoxy) is 1. The first-order valence-electron chi connectivity index (χ1n) is 3.47. The van der Waals surface area contributed by atoms with Crippen molar-refractivity contribution in [2.75, 3.05) is 0 Å². The number of rotatable bonds is 2. The third-order valence-corrected chi connectivity index (χ3v) is 1.39. The first-order valence-corrected chi connectivity index (χ1v) is 3.47. The molecule has 11 heavy (non-hydrogen) atoms. The largest absolute Gasteiger partial charge is 0.416 e. The zero-order valence-corrected chi connectivity index (χ0v) is 6.57. The number of hydrogen-bond acceptors (Lipinski definition) is 4. The van der Waals surface area contributed by atoms with Gasteiger partial charge in [0, 0.05) is 25.8 Å². The maximum atomic E-state index is 10.6. The molecule has 0 N–H and O–H groups in total. The minimum Gasteiger partial charge on any atom is -0.416 e. The van der Waals surface area contributed by atoms with Crippen molar-refractivity contribution in [2.24, 2.45) is 9.98 Å². The minimum atomic E-state index is -0.953. The fourth-order valence-electron chi connectivity index (χ4n) is 0.871. The lowest BCUT2D eigenvalue weighted by Gasteiger charge is -2.19. The molecule has 0 saturated carbocycles. The van der Waals surface area contributed by atoms with Gasteiger partial charge in [0.25, 0.3) is 0 Å². The molecule has 0 aromatic rings. The van der Waals surface area contributed by atoms with E-state index in [0.717, 1.165) is 0 Å². The second-order valence-corrected chi connectivity index (χ2v) is 2.25. The molecule has 60 valence electrons. The van der Waals surface area contributed by atoms with Crippen molar-refractivity contribution in [3.05, 3.63) is 0 Å². The number of esters is 1. The molecule has 0 unspecified atom stereocenters. The van der Waals surface area contributed by atoms with Crippen molar-refractivity contribution >= 4 is 18.4 Å². The number of carbonyl (C=O) groups is 1. The molecule has 1 aliphatic heterocycles. The van der Waals surface area contributed by atoms with Gasteiger partial charge in [-0.25, -0.2) is 9.98 Å². The van der Waals surface area contributed by atoms with Crippen LogP contribution in [0.3, 0.4) is 0 Å². The summed E-state index contributed by atoms with van der Waals surface area (Å²) in [6.45, 7) is 3.21. The maximum absolute atomic E-state index is 10.6. The molecule has 0 radical (unpaired) electrons. The number of aliphatic imine (C=N–C) groups is 2. The zero-order valence-electron chi connectivity index (χ0n) is 6.57. The topological polar surface area (TPSA) is 51.0 Å². The SMILES string of the molecule is CCC1(OC(C)=O)N=CC=N1. The van der Waals surface area contributed by atoms with E-state index in [0.29, 0.717) is 6.42 Å². The summed E-state index contributed by atoms with van der Waals surface area (Å²) >= 11 is 0. The van der Waals surface area contributed by atoms with Crippen LogP contribution in [0.25, 0.3) is 0 Å². The normalized spacial score (nSPS) is 18.7. The average Bonchev–Trinajstić information content (AvgIpc) is 2.36. The Balaban J connectivity index is 2.69. The van der Waals surface area contributed by atoms with Gasteiger partial charge in [-0.15, -0.1) is 0 Å². The van der Waals surface area contributed by atoms with Gasteiger partial charge in [-0.1, -0.05) is 6.92 Å². The first kappa shape index (κ1) is 7.91. The molecule has 0 fully saturated rings. The van der Waals surface area contributed by atoms with Gasteiger partial charge in [0.05, 0.1) is 0 Å². The van der Waals surface area contributed by atoms with Gasteiger partial charge in [0.1, 0.15) is 0 Å². The number of nitrogens with zero attached hydrogens (tertiary/aromatic N) is 2. The van der Waals surface area contributed by atoms with Crippen molar-refractivity contribution in [1.29, 1.82) is 0 Å². The van der Waals surface area contributed by atoms with Crippen molar-refractivity contribution in [1.82, 2.24) is 0 Å². The van der Waals surface area contributed by atoms with Crippen LogP contribution in [0.4, 0.5) is 0 Å². The Morgan fingerprint density at radius 3 is 2.45 bits per heavy atom. The van der Waals surface area contributed by atoms with Crippen LogP contribution in [-0.2, 0) is 9.53 Å². The van der Waals surface area contributed by atoms with E-state index in [1.165, 1.54) is 19.4 Å². The molecule has 0 atom stereocenters. The van der Waals surface area contributed by atoms with E-state index >= 15 is 0 Å². The van der Waals surface area contributed by atoms with Gasteiger partial charge in [-0.3, -0.25) is 4.79 Å². The highest BCUT2D eigenvalue weighted by Gasteiger charge is 2.30. The highest BCUT2D eigenvalue weighted by Crippen LogP contribution is 2.21. The second kappa shape index (κ2) is 2.82. The van der Waals surface area contributed by atoms with Crippen LogP contribution in [0, 0.1) is 0 Å². The van der Waals surface area contributed by atoms with Crippen LogP contribution < -0.4 is 0 Å². The van der Waals surface area contributed by atoms with Crippen molar-refractivity contribution < 1.29 is 9.53 Å². The molecule has 0 aromatic heterocycles. The van der Waals surface area contributed by atoms with Gasteiger partial charge in [0.2, 0.25) is 0 Å².